The highest BCUT2D eigenvalue weighted by molar-refractivity contribution is 5.72. The standard InChI is InChI=1S/C16H26O/c1-3-5-6-7-8-9-10-11-12-14-16(15-17)13-4-2/h3,12,15H,1,4-11,13H2,2H3. The molecule has 0 heterocycles. The van der Waals surface area contributed by atoms with Gasteiger partial charge in [-0.2, -0.15) is 0 Å². The van der Waals surface area contributed by atoms with Crippen LogP contribution < -0.4 is 0 Å². The molecule has 0 amide bonds. The fourth-order valence-electron chi connectivity index (χ4n) is 1.70. The monoisotopic (exact) mass is 234 g/mol. The summed E-state index contributed by atoms with van der Waals surface area (Å²) in [6, 6.07) is 0. The summed E-state index contributed by atoms with van der Waals surface area (Å²) in [6.07, 6.45) is 15.3. The van der Waals surface area contributed by atoms with Crippen molar-refractivity contribution in [3.8, 4) is 0 Å². The minimum atomic E-state index is 0.804. The average Bonchev–Trinajstić information content (AvgIpc) is 2.35. The molecule has 0 fully saturated rings. The molecule has 0 aliphatic carbocycles. The zero-order chi connectivity index (χ0) is 12.8. The Labute approximate surface area is 106 Å². The van der Waals surface area contributed by atoms with E-state index in [1.165, 1.54) is 32.1 Å². The largest absolute Gasteiger partial charge is 0.298 e. The first-order valence-electron chi connectivity index (χ1n) is 6.85. The van der Waals surface area contributed by atoms with Gasteiger partial charge in [0.25, 0.3) is 0 Å². The summed E-state index contributed by atoms with van der Waals surface area (Å²) >= 11 is 0. The highest BCUT2D eigenvalue weighted by atomic mass is 16.1. The molecule has 0 aliphatic rings. The minimum absolute atomic E-state index is 0.804. The summed E-state index contributed by atoms with van der Waals surface area (Å²) in [5.41, 5.74) is 3.90. The van der Waals surface area contributed by atoms with Crippen LogP contribution in [0.4, 0.5) is 0 Å². The van der Waals surface area contributed by atoms with Gasteiger partial charge in [0.05, 0.1) is 0 Å². The number of carbonyl (C=O) groups is 1. The molecular weight excluding hydrogens is 208 g/mol. The Balaban J connectivity index is 3.51. The van der Waals surface area contributed by atoms with Gasteiger partial charge in [-0.1, -0.05) is 38.7 Å². The van der Waals surface area contributed by atoms with Crippen molar-refractivity contribution in [1.82, 2.24) is 0 Å². The highest BCUT2D eigenvalue weighted by Crippen LogP contribution is 2.08. The van der Waals surface area contributed by atoms with Gasteiger partial charge in [-0.3, -0.25) is 4.79 Å². The fraction of sp³-hybridized carbons (Fsp3) is 0.625. The Morgan fingerprint density at radius 3 is 2.35 bits per heavy atom. The molecule has 0 saturated heterocycles. The maximum Gasteiger partial charge on any atom is 0.153 e. The van der Waals surface area contributed by atoms with Crippen LogP contribution in [0.5, 0.6) is 0 Å². The Hall–Kier alpha value is -1.07. The van der Waals surface area contributed by atoms with E-state index in [-0.39, 0.29) is 0 Å². The van der Waals surface area contributed by atoms with Crippen LogP contribution in [-0.2, 0) is 4.79 Å². The summed E-state index contributed by atoms with van der Waals surface area (Å²) in [4.78, 5) is 10.6. The Kier molecular flexibility index (Phi) is 12.2. The van der Waals surface area contributed by atoms with Gasteiger partial charge >= 0.3 is 0 Å². The summed E-state index contributed by atoms with van der Waals surface area (Å²) < 4.78 is 0. The summed E-state index contributed by atoms with van der Waals surface area (Å²) in [7, 11) is 0. The molecule has 1 nitrogen and oxygen atoms in total. The number of hydrogen-bond acceptors (Lipinski definition) is 1. The van der Waals surface area contributed by atoms with Crippen LogP contribution in [0.2, 0.25) is 0 Å². The van der Waals surface area contributed by atoms with E-state index >= 15 is 0 Å². The van der Waals surface area contributed by atoms with E-state index in [4.69, 9.17) is 0 Å². The third-order valence-electron chi connectivity index (χ3n) is 2.71. The molecule has 96 valence electrons. The third kappa shape index (κ3) is 11.2. The fourth-order valence-corrected chi connectivity index (χ4v) is 1.70. The lowest BCUT2D eigenvalue weighted by Crippen LogP contribution is -1.81. The maximum atomic E-state index is 10.6. The second-order valence-electron chi connectivity index (χ2n) is 4.38. The van der Waals surface area contributed by atoms with Crippen molar-refractivity contribution < 1.29 is 4.79 Å². The zero-order valence-corrected chi connectivity index (χ0v) is 11.2. The molecule has 0 radical (unpaired) electrons. The Morgan fingerprint density at radius 2 is 1.76 bits per heavy atom. The summed E-state index contributed by atoms with van der Waals surface area (Å²) in [6.45, 7) is 5.79. The van der Waals surface area contributed by atoms with Crippen LogP contribution in [0.15, 0.2) is 30.0 Å². The van der Waals surface area contributed by atoms with E-state index in [0.717, 1.165) is 37.5 Å². The number of rotatable bonds is 11. The van der Waals surface area contributed by atoms with Crippen molar-refractivity contribution in [1.29, 1.82) is 0 Å². The average molecular weight is 234 g/mol. The van der Waals surface area contributed by atoms with Gasteiger partial charge in [-0.25, -0.2) is 0 Å². The van der Waals surface area contributed by atoms with Gasteiger partial charge in [0.2, 0.25) is 0 Å². The van der Waals surface area contributed by atoms with E-state index < -0.39 is 0 Å². The van der Waals surface area contributed by atoms with Crippen LogP contribution in [0.25, 0.3) is 0 Å². The molecular formula is C16H26O. The van der Waals surface area contributed by atoms with Crippen molar-refractivity contribution in [2.75, 3.05) is 0 Å². The Bertz CT molecular complexity index is 257. The molecule has 0 atom stereocenters. The molecule has 0 aromatic rings. The molecule has 0 spiro atoms. The lowest BCUT2D eigenvalue weighted by molar-refractivity contribution is -0.105. The van der Waals surface area contributed by atoms with E-state index in [0.29, 0.717) is 0 Å². The smallest absolute Gasteiger partial charge is 0.153 e. The van der Waals surface area contributed by atoms with Crippen molar-refractivity contribution in [2.45, 2.75) is 64.7 Å². The maximum absolute atomic E-state index is 10.6. The Morgan fingerprint density at radius 1 is 1.12 bits per heavy atom. The number of hydrogen-bond donors (Lipinski definition) is 0. The first kappa shape index (κ1) is 15.9. The minimum Gasteiger partial charge on any atom is -0.298 e. The predicted octanol–water partition coefficient (Wildman–Crippen LogP) is 4.98. The van der Waals surface area contributed by atoms with Crippen molar-refractivity contribution in [3.05, 3.63) is 30.0 Å². The van der Waals surface area contributed by atoms with Crippen molar-refractivity contribution >= 4 is 6.29 Å². The summed E-state index contributed by atoms with van der Waals surface area (Å²) in [5, 5.41) is 0. The number of aldehydes is 1. The van der Waals surface area contributed by atoms with E-state index in [9.17, 15) is 4.79 Å². The van der Waals surface area contributed by atoms with Gasteiger partial charge in [0.15, 0.2) is 6.29 Å². The molecule has 0 N–H and O–H groups in total. The molecule has 0 rings (SSSR count). The van der Waals surface area contributed by atoms with Gasteiger partial charge in [0.1, 0.15) is 0 Å². The van der Waals surface area contributed by atoms with Crippen LogP contribution in [0, 0.1) is 0 Å². The first-order valence-corrected chi connectivity index (χ1v) is 6.85. The molecule has 1 heteroatoms. The predicted molar refractivity (Wildman–Crippen MR) is 75.1 cm³/mol. The van der Waals surface area contributed by atoms with Crippen LogP contribution in [0.3, 0.4) is 0 Å². The molecule has 0 bridgehead atoms. The second-order valence-corrected chi connectivity index (χ2v) is 4.38. The normalized spacial score (nSPS) is 9.47. The lowest BCUT2D eigenvalue weighted by Gasteiger charge is -1.97. The number of carbonyl (C=O) groups excluding carboxylic acids is 1. The first-order chi connectivity index (χ1) is 8.35. The van der Waals surface area contributed by atoms with Crippen molar-refractivity contribution in [2.24, 2.45) is 0 Å². The SMILES string of the molecule is C=CCCCCCCCC=C=C(C=O)CCC. The topological polar surface area (TPSA) is 17.1 Å². The molecule has 0 aromatic carbocycles. The second kappa shape index (κ2) is 13.0. The van der Waals surface area contributed by atoms with E-state index in [1.807, 2.05) is 12.2 Å². The van der Waals surface area contributed by atoms with Gasteiger partial charge < -0.3 is 0 Å². The van der Waals surface area contributed by atoms with Crippen LogP contribution in [0.1, 0.15) is 64.7 Å². The molecule has 17 heavy (non-hydrogen) atoms. The highest BCUT2D eigenvalue weighted by Gasteiger charge is 1.90. The van der Waals surface area contributed by atoms with Crippen LogP contribution in [-0.4, -0.2) is 6.29 Å². The zero-order valence-electron chi connectivity index (χ0n) is 11.2. The quantitative estimate of drug-likeness (QED) is 0.162. The van der Waals surface area contributed by atoms with Crippen LogP contribution >= 0.6 is 0 Å². The molecule has 0 unspecified atom stereocenters. The molecule has 0 aliphatic heterocycles. The van der Waals surface area contributed by atoms with E-state index in [2.05, 4.69) is 19.2 Å². The van der Waals surface area contributed by atoms with Gasteiger partial charge in [-0.15, -0.1) is 12.3 Å². The van der Waals surface area contributed by atoms with Crippen molar-refractivity contribution in [3.63, 3.8) is 0 Å². The molecule has 0 aromatic heterocycles. The number of allylic oxidation sites excluding steroid dienone is 2. The summed E-state index contributed by atoms with van der Waals surface area (Å²) in [5.74, 6) is 0. The molecule has 0 saturated carbocycles. The lowest BCUT2D eigenvalue weighted by atomic mass is 10.1. The van der Waals surface area contributed by atoms with E-state index in [1.54, 1.807) is 0 Å². The number of unbranched alkanes of at least 4 members (excludes halogenated alkanes) is 6. The van der Waals surface area contributed by atoms with Gasteiger partial charge in [0, 0.05) is 5.57 Å². The third-order valence-corrected chi connectivity index (χ3v) is 2.71. The van der Waals surface area contributed by atoms with Gasteiger partial charge in [-0.05, 0) is 38.2 Å².